The molecule has 6 heteroatoms. The summed E-state index contributed by atoms with van der Waals surface area (Å²) in [5.41, 5.74) is 2.38. The summed E-state index contributed by atoms with van der Waals surface area (Å²) >= 11 is 1.40. The van der Waals surface area contributed by atoms with Crippen molar-refractivity contribution in [3.63, 3.8) is 0 Å². The van der Waals surface area contributed by atoms with Crippen LogP contribution in [0.4, 0.5) is 5.13 Å². The number of hydrogen-bond acceptors (Lipinski definition) is 5. The minimum absolute atomic E-state index is 0.0748. The molecule has 0 aliphatic rings. The van der Waals surface area contributed by atoms with Crippen LogP contribution in [0.1, 0.15) is 37.2 Å². The zero-order valence-corrected chi connectivity index (χ0v) is 17.9. The summed E-state index contributed by atoms with van der Waals surface area (Å²) < 4.78 is 4.55. The van der Waals surface area contributed by atoms with E-state index in [0.29, 0.717) is 38.4 Å². The number of carbonyl (C=O) groups excluding carboxylic acids is 1. The molecule has 29 heavy (non-hydrogen) atoms. The number of anilines is 1. The normalized spacial score (nSPS) is 10.9. The highest BCUT2D eigenvalue weighted by atomic mass is 32.1. The summed E-state index contributed by atoms with van der Waals surface area (Å²) in [5.74, 6) is 1.34. The van der Waals surface area contributed by atoms with Gasteiger partial charge in [-0.25, -0.2) is 4.98 Å². The number of carbonyl (C=O) groups is 1. The van der Waals surface area contributed by atoms with Gasteiger partial charge in [-0.05, 0) is 17.0 Å². The van der Waals surface area contributed by atoms with Crippen LogP contribution in [0.3, 0.4) is 0 Å². The van der Waals surface area contributed by atoms with Crippen LogP contribution in [0.2, 0.25) is 0 Å². The van der Waals surface area contributed by atoms with Crippen LogP contribution >= 0.6 is 11.5 Å². The van der Waals surface area contributed by atoms with E-state index in [-0.39, 0.29) is 5.91 Å². The van der Waals surface area contributed by atoms with Gasteiger partial charge < -0.3 is 10.2 Å². The molecule has 1 amide bonds. The minimum atomic E-state index is 0.0748. The molecular weight excluding hydrogens is 380 g/mol. The first-order chi connectivity index (χ1) is 14.1. The van der Waals surface area contributed by atoms with E-state index in [9.17, 15) is 4.79 Å². The van der Waals surface area contributed by atoms with E-state index in [4.69, 9.17) is 4.98 Å². The second kappa shape index (κ2) is 10.7. The Balaban J connectivity index is 1.68. The van der Waals surface area contributed by atoms with Gasteiger partial charge in [0.1, 0.15) is 5.82 Å². The van der Waals surface area contributed by atoms with E-state index in [0.717, 1.165) is 11.0 Å². The lowest BCUT2D eigenvalue weighted by atomic mass is 10.1. The summed E-state index contributed by atoms with van der Waals surface area (Å²) in [6, 6.07) is 20.5. The smallest absolute Gasteiger partial charge is 0.221 e. The van der Waals surface area contributed by atoms with Crippen molar-refractivity contribution >= 4 is 22.6 Å². The van der Waals surface area contributed by atoms with E-state index >= 15 is 0 Å². The number of aromatic nitrogens is 2. The molecule has 1 heterocycles. The lowest BCUT2D eigenvalue weighted by molar-refractivity contribution is -0.121. The number of rotatable bonds is 10. The maximum Gasteiger partial charge on any atom is 0.221 e. The summed E-state index contributed by atoms with van der Waals surface area (Å²) in [5, 5.41) is 3.85. The van der Waals surface area contributed by atoms with Crippen molar-refractivity contribution in [3.8, 4) is 0 Å². The highest BCUT2D eigenvalue weighted by Gasteiger charge is 2.15. The Bertz CT molecular complexity index is 880. The van der Waals surface area contributed by atoms with Gasteiger partial charge in [-0.1, -0.05) is 74.5 Å². The molecule has 3 rings (SSSR count). The number of nitrogens with one attached hydrogen (secondary N) is 1. The lowest BCUT2D eigenvalue weighted by Crippen LogP contribution is -2.32. The van der Waals surface area contributed by atoms with Crippen molar-refractivity contribution in [1.82, 2.24) is 14.7 Å². The Morgan fingerprint density at radius 1 is 1.03 bits per heavy atom. The van der Waals surface area contributed by atoms with E-state index < -0.39 is 0 Å². The van der Waals surface area contributed by atoms with Crippen LogP contribution in [0.5, 0.6) is 0 Å². The molecule has 0 fully saturated rings. The number of hydrogen-bond donors (Lipinski definition) is 1. The predicted molar refractivity (Wildman–Crippen MR) is 119 cm³/mol. The summed E-state index contributed by atoms with van der Waals surface area (Å²) in [6.45, 7) is 6.21. The van der Waals surface area contributed by atoms with E-state index in [2.05, 4.69) is 52.7 Å². The molecule has 0 saturated carbocycles. The first-order valence-corrected chi connectivity index (χ1v) is 10.8. The zero-order valence-electron chi connectivity index (χ0n) is 17.0. The topological polar surface area (TPSA) is 58.1 Å². The Morgan fingerprint density at radius 3 is 2.34 bits per heavy atom. The quantitative estimate of drug-likeness (QED) is 0.543. The second-order valence-corrected chi connectivity index (χ2v) is 8.24. The van der Waals surface area contributed by atoms with Gasteiger partial charge in [0, 0.05) is 44.0 Å². The predicted octanol–water partition coefficient (Wildman–Crippen LogP) is 4.30. The summed E-state index contributed by atoms with van der Waals surface area (Å²) in [4.78, 5) is 19.1. The molecule has 1 aromatic heterocycles. The molecule has 3 aromatic rings. The molecule has 0 unspecified atom stereocenters. The van der Waals surface area contributed by atoms with Gasteiger partial charge in [-0.15, -0.1) is 0 Å². The third-order valence-electron chi connectivity index (χ3n) is 4.47. The monoisotopic (exact) mass is 408 g/mol. The van der Waals surface area contributed by atoms with Crippen molar-refractivity contribution in [2.45, 2.75) is 33.2 Å². The summed E-state index contributed by atoms with van der Waals surface area (Å²) in [7, 11) is 0. The molecule has 0 aliphatic carbocycles. The van der Waals surface area contributed by atoms with E-state index in [1.165, 1.54) is 22.7 Å². The fraction of sp³-hybridized carbons (Fsp3) is 0.348. The molecule has 5 nitrogen and oxygen atoms in total. The van der Waals surface area contributed by atoms with Crippen molar-refractivity contribution in [3.05, 3.63) is 77.6 Å². The Kier molecular flexibility index (Phi) is 7.76. The first kappa shape index (κ1) is 21.0. The molecule has 2 aromatic carbocycles. The molecule has 0 bridgehead atoms. The van der Waals surface area contributed by atoms with Gasteiger partial charge in [0.25, 0.3) is 0 Å². The van der Waals surface area contributed by atoms with Gasteiger partial charge in [0.2, 0.25) is 11.0 Å². The average molecular weight is 409 g/mol. The maximum absolute atomic E-state index is 12.2. The lowest BCUT2D eigenvalue weighted by Gasteiger charge is -2.21. The van der Waals surface area contributed by atoms with Crippen molar-refractivity contribution in [2.75, 3.05) is 18.0 Å². The minimum Gasteiger partial charge on any atom is -0.356 e. The van der Waals surface area contributed by atoms with Crippen LogP contribution in [0.15, 0.2) is 60.7 Å². The Hall–Kier alpha value is -2.73. The van der Waals surface area contributed by atoms with E-state index in [1.54, 1.807) is 0 Å². The molecule has 0 saturated heterocycles. The van der Waals surface area contributed by atoms with Gasteiger partial charge >= 0.3 is 0 Å². The molecule has 0 spiro atoms. The fourth-order valence-corrected chi connectivity index (χ4v) is 3.62. The van der Waals surface area contributed by atoms with Gasteiger partial charge in [0.05, 0.1) is 0 Å². The maximum atomic E-state index is 12.2. The molecule has 0 atom stereocenters. The van der Waals surface area contributed by atoms with Crippen LogP contribution in [-0.2, 0) is 17.8 Å². The molecule has 1 N–H and O–H groups in total. The van der Waals surface area contributed by atoms with Crippen LogP contribution in [-0.4, -0.2) is 28.4 Å². The number of amides is 1. The van der Waals surface area contributed by atoms with Crippen molar-refractivity contribution in [1.29, 1.82) is 0 Å². The van der Waals surface area contributed by atoms with Gasteiger partial charge in [-0.3, -0.25) is 4.79 Å². The fourth-order valence-electron chi connectivity index (χ4n) is 2.91. The molecule has 0 aliphatic heterocycles. The van der Waals surface area contributed by atoms with Crippen LogP contribution < -0.4 is 10.2 Å². The van der Waals surface area contributed by atoms with E-state index in [1.807, 2.05) is 36.4 Å². The second-order valence-electron chi connectivity index (χ2n) is 7.51. The van der Waals surface area contributed by atoms with Crippen LogP contribution in [0, 0.1) is 5.92 Å². The third-order valence-corrected chi connectivity index (χ3v) is 5.28. The number of nitrogens with zero attached hydrogens (tertiary/aromatic N) is 3. The van der Waals surface area contributed by atoms with Gasteiger partial charge in [0.15, 0.2) is 0 Å². The number of benzene rings is 2. The first-order valence-electron chi connectivity index (χ1n) is 10.0. The highest BCUT2D eigenvalue weighted by molar-refractivity contribution is 7.09. The average Bonchev–Trinajstić information content (AvgIpc) is 3.19. The molecular formula is C23H28N4OS. The standard InChI is InChI=1S/C23H28N4OS/c1-18(2)16-24-22(28)13-14-27(17-20-11-7-4-8-12-20)23-25-21(26-29-23)15-19-9-5-3-6-10-19/h3-12,18H,13-17H2,1-2H3,(H,24,28). The van der Waals surface area contributed by atoms with Crippen molar-refractivity contribution in [2.24, 2.45) is 5.92 Å². The molecule has 0 radical (unpaired) electrons. The van der Waals surface area contributed by atoms with Crippen molar-refractivity contribution < 1.29 is 4.79 Å². The zero-order chi connectivity index (χ0) is 20.5. The highest BCUT2D eigenvalue weighted by Crippen LogP contribution is 2.21. The Labute approximate surface area is 177 Å². The summed E-state index contributed by atoms with van der Waals surface area (Å²) in [6.07, 6.45) is 1.15. The van der Waals surface area contributed by atoms with Crippen LogP contribution in [0.25, 0.3) is 0 Å². The Morgan fingerprint density at radius 2 is 1.69 bits per heavy atom. The largest absolute Gasteiger partial charge is 0.356 e. The molecule has 152 valence electrons. The third kappa shape index (κ3) is 6.98. The van der Waals surface area contributed by atoms with Gasteiger partial charge in [-0.2, -0.15) is 4.37 Å². The SMILES string of the molecule is CC(C)CNC(=O)CCN(Cc1ccccc1)c1nc(Cc2ccccc2)ns1.